The van der Waals surface area contributed by atoms with Gasteiger partial charge in [-0.25, -0.2) is 0 Å². The van der Waals surface area contributed by atoms with E-state index in [0.717, 1.165) is 19.3 Å². The summed E-state index contributed by atoms with van der Waals surface area (Å²) in [7, 11) is 0. The smallest absolute Gasteiger partial charge is 0.241 e. The summed E-state index contributed by atoms with van der Waals surface area (Å²) >= 11 is 0. The Balaban J connectivity index is 3.91. The summed E-state index contributed by atoms with van der Waals surface area (Å²) in [5, 5.41) is 0. The fourth-order valence-corrected chi connectivity index (χ4v) is 1.50. The Kier molecular flexibility index (Phi) is 4.92. The average molecular weight is 156 g/mol. The molecule has 0 aromatic carbocycles. The van der Waals surface area contributed by atoms with E-state index in [1.165, 1.54) is 0 Å². The Hall–Kier alpha value is -0.530. The molecule has 0 saturated heterocycles. The summed E-state index contributed by atoms with van der Waals surface area (Å²) in [6, 6.07) is 0. The van der Waals surface area contributed by atoms with Crippen LogP contribution in [0, 0.1) is 11.8 Å². The second-order valence-corrected chi connectivity index (χ2v) is 3.14. The number of nitrogens with one attached hydrogen (secondary N) is 1. The Bertz CT molecular complexity index is 123. The van der Waals surface area contributed by atoms with E-state index in [2.05, 4.69) is 13.8 Å². The lowest BCUT2D eigenvalue weighted by atomic mass is 9.88. The lowest BCUT2D eigenvalue weighted by Gasteiger charge is -2.17. The fraction of sp³-hybridized carbons (Fsp3) is 0.889. The molecule has 65 valence electrons. The molecule has 0 aliphatic rings. The fourth-order valence-electron chi connectivity index (χ4n) is 1.50. The van der Waals surface area contributed by atoms with Crippen molar-refractivity contribution in [3.63, 3.8) is 0 Å². The third-order valence-electron chi connectivity index (χ3n) is 2.21. The highest BCUT2D eigenvalue weighted by Crippen LogP contribution is 2.19. The standard InChI is InChI=1S/C9H18NO/c1-4-6-7(3)8(5-2)9(10)11/h7-8,10H,4-6H2,1-3H3. The van der Waals surface area contributed by atoms with Crippen molar-refractivity contribution in [1.29, 1.82) is 0 Å². The highest BCUT2D eigenvalue weighted by Gasteiger charge is 2.20. The maximum Gasteiger partial charge on any atom is 0.241 e. The molecule has 0 bridgehead atoms. The first-order chi connectivity index (χ1) is 5.13. The zero-order chi connectivity index (χ0) is 8.85. The molecule has 2 nitrogen and oxygen atoms in total. The zero-order valence-electron chi connectivity index (χ0n) is 7.68. The zero-order valence-corrected chi connectivity index (χ0v) is 7.68. The molecule has 1 N–H and O–H groups in total. The van der Waals surface area contributed by atoms with Crippen LogP contribution in [0.1, 0.15) is 40.0 Å². The Labute approximate surface area is 69.2 Å². The second-order valence-electron chi connectivity index (χ2n) is 3.14. The SMILES string of the molecule is CCCC(C)C(CC)C([NH])=O. The van der Waals surface area contributed by atoms with Gasteiger partial charge in [-0.15, -0.1) is 0 Å². The molecule has 0 aliphatic heterocycles. The molecule has 0 aromatic rings. The van der Waals surface area contributed by atoms with Gasteiger partial charge in [0.15, 0.2) is 0 Å². The van der Waals surface area contributed by atoms with Crippen molar-refractivity contribution in [3.8, 4) is 0 Å². The number of amides is 1. The molecule has 0 heterocycles. The molecule has 2 unspecified atom stereocenters. The van der Waals surface area contributed by atoms with Crippen LogP contribution in [-0.2, 0) is 4.79 Å². The van der Waals surface area contributed by atoms with Crippen LogP contribution >= 0.6 is 0 Å². The topological polar surface area (TPSA) is 40.9 Å². The largest absolute Gasteiger partial charge is 0.273 e. The third kappa shape index (κ3) is 3.40. The number of hydrogen-bond acceptors (Lipinski definition) is 1. The molecule has 0 rings (SSSR count). The van der Waals surface area contributed by atoms with Crippen LogP contribution in [0.15, 0.2) is 0 Å². The van der Waals surface area contributed by atoms with Gasteiger partial charge in [-0.1, -0.05) is 33.6 Å². The Morgan fingerprint density at radius 1 is 1.45 bits per heavy atom. The van der Waals surface area contributed by atoms with E-state index in [9.17, 15) is 4.79 Å². The van der Waals surface area contributed by atoms with E-state index in [4.69, 9.17) is 5.73 Å². The summed E-state index contributed by atoms with van der Waals surface area (Å²) in [5.74, 6) is -0.0431. The van der Waals surface area contributed by atoms with Gasteiger partial charge in [0.25, 0.3) is 0 Å². The monoisotopic (exact) mass is 156 g/mol. The first kappa shape index (κ1) is 10.5. The van der Waals surface area contributed by atoms with Crippen molar-refractivity contribution in [3.05, 3.63) is 0 Å². The highest BCUT2D eigenvalue weighted by molar-refractivity contribution is 5.76. The van der Waals surface area contributed by atoms with Gasteiger partial charge in [-0.3, -0.25) is 10.5 Å². The van der Waals surface area contributed by atoms with Crippen molar-refractivity contribution in [2.45, 2.75) is 40.0 Å². The van der Waals surface area contributed by atoms with E-state index in [1.807, 2.05) is 6.92 Å². The van der Waals surface area contributed by atoms with E-state index < -0.39 is 5.91 Å². The lowest BCUT2D eigenvalue weighted by Crippen LogP contribution is -2.21. The summed E-state index contributed by atoms with van der Waals surface area (Å²) in [4.78, 5) is 10.8. The maximum atomic E-state index is 10.8. The van der Waals surface area contributed by atoms with Crippen molar-refractivity contribution in [2.75, 3.05) is 0 Å². The predicted octanol–water partition coefficient (Wildman–Crippen LogP) is 2.26. The van der Waals surface area contributed by atoms with Gasteiger partial charge in [-0.05, 0) is 12.3 Å². The number of carbonyl (C=O) groups excluding carboxylic acids is 1. The van der Waals surface area contributed by atoms with Crippen molar-refractivity contribution < 1.29 is 4.79 Å². The van der Waals surface area contributed by atoms with Gasteiger partial charge in [0.1, 0.15) is 0 Å². The van der Waals surface area contributed by atoms with Crippen LogP contribution in [0.25, 0.3) is 0 Å². The van der Waals surface area contributed by atoms with Gasteiger partial charge >= 0.3 is 0 Å². The maximum absolute atomic E-state index is 10.8. The summed E-state index contributed by atoms with van der Waals surface area (Å²) in [6.07, 6.45) is 2.97. The first-order valence-corrected chi connectivity index (χ1v) is 4.38. The van der Waals surface area contributed by atoms with E-state index in [1.54, 1.807) is 0 Å². The molecule has 0 aliphatic carbocycles. The molecule has 2 heteroatoms. The number of carbonyl (C=O) groups is 1. The molecule has 11 heavy (non-hydrogen) atoms. The van der Waals surface area contributed by atoms with Crippen LogP contribution in [0.3, 0.4) is 0 Å². The number of rotatable bonds is 5. The minimum absolute atomic E-state index is 0.0325. The second kappa shape index (κ2) is 5.16. The molecule has 0 aromatic heterocycles. The molecule has 1 amide bonds. The molecule has 0 fully saturated rings. The van der Waals surface area contributed by atoms with Gasteiger partial charge < -0.3 is 0 Å². The molecule has 0 spiro atoms. The lowest BCUT2D eigenvalue weighted by molar-refractivity contribution is -0.124. The normalized spacial score (nSPS) is 15.9. The van der Waals surface area contributed by atoms with Crippen LogP contribution in [0.5, 0.6) is 0 Å². The van der Waals surface area contributed by atoms with E-state index in [0.29, 0.717) is 5.92 Å². The molecule has 0 saturated carbocycles. The van der Waals surface area contributed by atoms with Gasteiger partial charge in [0, 0.05) is 5.92 Å². The number of hydrogen-bond donors (Lipinski definition) is 0. The highest BCUT2D eigenvalue weighted by atomic mass is 16.1. The minimum Gasteiger partial charge on any atom is -0.273 e. The first-order valence-electron chi connectivity index (χ1n) is 4.38. The quantitative estimate of drug-likeness (QED) is 0.602. The molecular formula is C9H18NO. The Morgan fingerprint density at radius 2 is 2.00 bits per heavy atom. The minimum atomic E-state index is -0.395. The van der Waals surface area contributed by atoms with Crippen LogP contribution in [0.4, 0.5) is 0 Å². The average Bonchev–Trinajstić information content (AvgIpc) is 1.88. The Morgan fingerprint density at radius 3 is 2.27 bits per heavy atom. The van der Waals surface area contributed by atoms with Crippen LogP contribution in [0.2, 0.25) is 0 Å². The predicted molar refractivity (Wildman–Crippen MR) is 46.0 cm³/mol. The van der Waals surface area contributed by atoms with Crippen molar-refractivity contribution in [2.24, 2.45) is 11.8 Å². The van der Waals surface area contributed by atoms with Gasteiger partial charge in [0.2, 0.25) is 5.91 Å². The summed E-state index contributed by atoms with van der Waals surface area (Å²) in [6.45, 7) is 6.14. The molecule has 2 atom stereocenters. The van der Waals surface area contributed by atoms with Gasteiger partial charge in [0.05, 0.1) is 0 Å². The van der Waals surface area contributed by atoms with Crippen LogP contribution < -0.4 is 5.73 Å². The molecule has 1 radical (unpaired) electrons. The summed E-state index contributed by atoms with van der Waals surface area (Å²) in [5.41, 5.74) is 7.00. The third-order valence-corrected chi connectivity index (χ3v) is 2.21. The van der Waals surface area contributed by atoms with Crippen molar-refractivity contribution >= 4 is 5.91 Å². The van der Waals surface area contributed by atoms with Crippen molar-refractivity contribution in [1.82, 2.24) is 5.73 Å². The van der Waals surface area contributed by atoms with Crippen LogP contribution in [-0.4, -0.2) is 5.91 Å². The summed E-state index contributed by atoms with van der Waals surface area (Å²) < 4.78 is 0. The molecular weight excluding hydrogens is 138 g/mol. The van der Waals surface area contributed by atoms with Gasteiger partial charge in [-0.2, -0.15) is 0 Å². The van der Waals surface area contributed by atoms with E-state index in [-0.39, 0.29) is 5.92 Å². The van der Waals surface area contributed by atoms with E-state index >= 15 is 0 Å².